The quantitative estimate of drug-likeness (QED) is 0.761. The highest BCUT2D eigenvalue weighted by atomic mass is 32.2. The number of anilines is 1. The van der Waals surface area contributed by atoms with Crippen LogP contribution in [0.1, 0.15) is 24.8 Å². The van der Waals surface area contributed by atoms with Gasteiger partial charge in [0.1, 0.15) is 0 Å². The number of piperazine rings is 1. The van der Waals surface area contributed by atoms with E-state index in [9.17, 15) is 18.0 Å². The van der Waals surface area contributed by atoms with E-state index >= 15 is 0 Å². The Morgan fingerprint density at radius 3 is 2.70 bits per heavy atom. The molecule has 1 aromatic heterocycles. The lowest BCUT2D eigenvalue weighted by Gasteiger charge is -2.50. The fourth-order valence-corrected chi connectivity index (χ4v) is 5.90. The van der Waals surface area contributed by atoms with E-state index in [-0.39, 0.29) is 31.0 Å². The summed E-state index contributed by atoms with van der Waals surface area (Å²) in [6.45, 7) is 2.19. The predicted molar refractivity (Wildman–Crippen MR) is 108 cm³/mol. The standard InChI is InChI=1S/C19H23N5O5S/c1-30(27,28)24-11-13-3-4-14(24)10-22(13)9-12-2-5-16-15(8-12)18(21-29-16)23-7-6-17(25)20-19(23)26/h2,5,8,13-14H,3-4,6-7,9-11H2,1H3,(H,20,25,26)/t13-,14-/m0/s1. The molecular formula is C19H23N5O5S. The normalized spacial score (nSPS) is 25.8. The van der Waals surface area contributed by atoms with E-state index in [2.05, 4.69) is 15.4 Å². The Morgan fingerprint density at radius 1 is 1.20 bits per heavy atom. The van der Waals surface area contributed by atoms with Gasteiger partial charge in [-0.25, -0.2) is 13.2 Å². The Hall–Kier alpha value is -2.50. The number of hydrogen-bond donors (Lipinski definition) is 1. The summed E-state index contributed by atoms with van der Waals surface area (Å²) in [5.74, 6) is 0.105. The highest BCUT2D eigenvalue weighted by Gasteiger charge is 2.42. The average Bonchev–Trinajstić information content (AvgIpc) is 3.11. The van der Waals surface area contributed by atoms with Gasteiger partial charge in [-0.15, -0.1) is 0 Å². The number of nitrogens with zero attached hydrogens (tertiary/aromatic N) is 4. The molecule has 1 aromatic carbocycles. The van der Waals surface area contributed by atoms with E-state index in [1.54, 1.807) is 4.31 Å². The number of fused-ring (bicyclic) bond motifs is 4. The summed E-state index contributed by atoms with van der Waals surface area (Å²) in [6, 6.07) is 5.48. The van der Waals surface area contributed by atoms with Crippen LogP contribution in [0.15, 0.2) is 22.7 Å². The second-order valence-corrected chi connectivity index (χ2v) is 10.2. The van der Waals surface area contributed by atoms with Gasteiger partial charge >= 0.3 is 6.03 Å². The van der Waals surface area contributed by atoms with Crippen LogP contribution in [0, 0.1) is 0 Å². The SMILES string of the molecule is CS(=O)(=O)N1C[C@@H]2CC[C@H]1CN2Cc1ccc2onc(N3CCC(=O)NC3=O)c2c1. The molecule has 0 saturated carbocycles. The molecule has 11 heteroatoms. The fourth-order valence-electron chi connectivity index (χ4n) is 4.74. The van der Waals surface area contributed by atoms with E-state index in [1.165, 1.54) is 11.2 Å². The van der Waals surface area contributed by atoms with Crippen LogP contribution in [0.5, 0.6) is 0 Å². The summed E-state index contributed by atoms with van der Waals surface area (Å²) >= 11 is 0. The van der Waals surface area contributed by atoms with Gasteiger partial charge in [-0.1, -0.05) is 11.2 Å². The van der Waals surface area contributed by atoms with Crippen molar-refractivity contribution < 1.29 is 22.5 Å². The monoisotopic (exact) mass is 433 g/mol. The molecule has 6 rings (SSSR count). The van der Waals surface area contributed by atoms with Gasteiger partial charge in [-0.2, -0.15) is 4.31 Å². The molecule has 2 bridgehead atoms. The lowest BCUT2D eigenvalue weighted by atomic mass is 9.92. The number of carbonyl (C=O) groups excluding carboxylic acids is 2. The number of carbonyl (C=O) groups is 2. The molecule has 0 unspecified atom stereocenters. The second-order valence-electron chi connectivity index (χ2n) is 8.24. The van der Waals surface area contributed by atoms with Crippen LogP contribution in [0.3, 0.4) is 0 Å². The number of rotatable bonds is 4. The fraction of sp³-hybridized carbons (Fsp3) is 0.526. The third kappa shape index (κ3) is 3.36. The first-order chi connectivity index (χ1) is 14.3. The van der Waals surface area contributed by atoms with Crippen molar-refractivity contribution in [1.82, 2.24) is 19.7 Å². The summed E-state index contributed by atoms with van der Waals surface area (Å²) in [7, 11) is -3.18. The number of nitrogens with one attached hydrogen (secondary N) is 1. The van der Waals surface area contributed by atoms with Crippen molar-refractivity contribution in [2.24, 2.45) is 0 Å². The zero-order valence-electron chi connectivity index (χ0n) is 16.6. The van der Waals surface area contributed by atoms with Crippen LogP contribution in [0.25, 0.3) is 11.0 Å². The summed E-state index contributed by atoms with van der Waals surface area (Å²) in [5, 5.41) is 7.07. The molecule has 10 nitrogen and oxygen atoms in total. The van der Waals surface area contributed by atoms with Gasteiger partial charge in [0, 0.05) is 44.7 Å². The zero-order valence-corrected chi connectivity index (χ0v) is 17.4. The van der Waals surface area contributed by atoms with Crippen molar-refractivity contribution in [3.05, 3.63) is 23.8 Å². The second kappa shape index (κ2) is 7.03. The Bertz CT molecular complexity index is 1130. The van der Waals surface area contributed by atoms with Crippen molar-refractivity contribution in [2.75, 3.05) is 30.8 Å². The first-order valence-electron chi connectivity index (χ1n) is 10.00. The minimum atomic E-state index is -3.18. The van der Waals surface area contributed by atoms with Crippen molar-refractivity contribution in [2.45, 2.75) is 37.9 Å². The van der Waals surface area contributed by atoms with Gasteiger partial charge in [-0.3, -0.25) is 19.9 Å². The molecule has 30 heavy (non-hydrogen) atoms. The topological polar surface area (TPSA) is 116 Å². The van der Waals surface area contributed by atoms with Crippen molar-refractivity contribution >= 4 is 38.7 Å². The molecule has 4 fully saturated rings. The smallest absolute Gasteiger partial charge is 0.329 e. The van der Waals surface area contributed by atoms with Crippen molar-refractivity contribution in [1.29, 1.82) is 0 Å². The van der Waals surface area contributed by atoms with Crippen molar-refractivity contribution in [3.63, 3.8) is 0 Å². The third-order valence-electron chi connectivity index (χ3n) is 6.23. The highest BCUT2D eigenvalue weighted by molar-refractivity contribution is 7.88. The van der Waals surface area contributed by atoms with Gasteiger partial charge in [0.05, 0.1) is 11.6 Å². The van der Waals surface area contributed by atoms with E-state index < -0.39 is 16.1 Å². The third-order valence-corrected chi connectivity index (χ3v) is 7.53. The number of hydrogen-bond acceptors (Lipinski definition) is 7. The maximum Gasteiger partial charge on any atom is 0.329 e. The number of amides is 3. The maximum absolute atomic E-state index is 12.2. The molecule has 4 aliphatic heterocycles. The van der Waals surface area contributed by atoms with Crippen LogP contribution in [-0.2, 0) is 21.4 Å². The molecule has 0 aliphatic carbocycles. The number of urea groups is 1. The number of piperidine rings is 2. The number of sulfonamides is 1. The summed E-state index contributed by atoms with van der Waals surface area (Å²) in [6.07, 6.45) is 3.38. The van der Waals surface area contributed by atoms with Gasteiger partial charge in [0.25, 0.3) is 0 Å². The molecule has 4 saturated heterocycles. The minimum absolute atomic E-state index is 0.0227. The first-order valence-corrected chi connectivity index (χ1v) is 11.8. The molecular weight excluding hydrogens is 410 g/mol. The molecule has 2 atom stereocenters. The summed E-state index contributed by atoms with van der Waals surface area (Å²) < 4.78 is 31.1. The van der Waals surface area contributed by atoms with E-state index in [0.717, 1.165) is 23.8 Å². The Morgan fingerprint density at radius 2 is 2.00 bits per heavy atom. The molecule has 0 spiro atoms. The van der Waals surface area contributed by atoms with Gasteiger partial charge in [0.15, 0.2) is 11.4 Å². The van der Waals surface area contributed by atoms with Crippen molar-refractivity contribution in [3.8, 4) is 0 Å². The minimum Gasteiger partial charge on any atom is -0.354 e. The van der Waals surface area contributed by atoms with E-state index in [4.69, 9.17) is 4.52 Å². The maximum atomic E-state index is 12.2. The number of imide groups is 1. The number of benzene rings is 1. The zero-order chi connectivity index (χ0) is 21.0. The molecule has 3 amide bonds. The van der Waals surface area contributed by atoms with Crippen LogP contribution in [0.4, 0.5) is 10.6 Å². The highest BCUT2D eigenvalue weighted by Crippen LogP contribution is 2.33. The summed E-state index contributed by atoms with van der Waals surface area (Å²) in [5.41, 5.74) is 1.61. The van der Waals surface area contributed by atoms with Crippen LogP contribution < -0.4 is 10.2 Å². The molecule has 0 radical (unpaired) electrons. The van der Waals surface area contributed by atoms with Gasteiger partial charge in [0.2, 0.25) is 15.9 Å². The Labute approximate surface area is 173 Å². The van der Waals surface area contributed by atoms with Crippen LogP contribution >= 0.6 is 0 Å². The Balaban J connectivity index is 1.38. The van der Waals surface area contributed by atoms with Crippen LogP contribution in [-0.4, -0.2) is 72.7 Å². The molecule has 5 heterocycles. The van der Waals surface area contributed by atoms with Crippen LogP contribution in [0.2, 0.25) is 0 Å². The van der Waals surface area contributed by atoms with E-state index in [0.29, 0.717) is 31.0 Å². The first kappa shape index (κ1) is 19.5. The largest absolute Gasteiger partial charge is 0.354 e. The van der Waals surface area contributed by atoms with E-state index in [1.807, 2.05) is 18.2 Å². The predicted octanol–water partition coefficient (Wildman–Crippen LogP) is 0.882. The molecule has 1 N–H and O–H groups in total. The Kier molecular flexibility index (Phi) is 4.56. The lowest BCUT2D eigenvalue weighted by Crippen LogP contribution is -2.63. The van der Waals surface area contributed by atoms with Gasteiger partial charge < -0.3 is 4.52 Å². The molecule has 160 valence electrons. The molecule has 4 aliphatic rings. The lowest BCUT2D eigenvalue weighted by molar-refractivity contribution is -0.120. The molecule has 2 aromatic rings. The number of aromatic nitrogens is 1. The summed E-state index contributed by atoms with van der Waals surface area (Å²) in [4.78, 5) is 27.4. The van der Waals surface area contributed by atoms with Gasteiger partial charge in [-0.05, 0) is 30.5 Å². The average molecular weight is 433 g/mol.